The van der Waals surface area contributed by atoms with Crippen molar-refractivity contribution in [1.29, 1.82) is 5.26 Å². The number of aliphatic hydroxyl groups is 2. The molecule has 2 aliphatic rings. The molecule has 4 aromatic rings. The van der Waals surface area contributed by atoms with Crippen LogP contribution in [0.2, 0.25) is 0 Å². The van der Waals surface area contributed by atoms with Gasteiger partial charge in [0, 0.05) is 48.5 Å². The van der Waals surface area contributed by atoms with Crippen molar-refractivity contribution < 1.29 is 28.1 Å². The molecule has 43 heavy (non-hydrogen) atoms. The molecular weight excluding hydrogens is 567 g/mol. The third-order valence-corrected chi connectivity index (χ3v) is 8.36. The summed E-state index contributed by atoms with van der Waals surface area (Å²) < 4.78 is 48.0. The summed E-state index contributed by atoms with van der Waals surface area (Å²) in [5, 5.41) is 34.9. The van der Waals surface area contributed by atoms with Crippen molar-refractivity contribution >= 4 is 11.0 Å². The number of H-pyrrole nitrogens is 1. The lowest BCUT2D eigenvalue weighted by atomic mass is 9.82. The number of nitriles is 1. The van der Waals surface area contributed by atoms with Gasteiger partial charge in [-0.25, -0.2) is 15.0 Å². The van der Waals surface area contributed by atoms with Crippen LogP contribution in [0.25, 0.3) is 22.3 Å². The highest BCUT2D eigenvalue weighted by atomic mass is 19.4. The van der Waals surface area contributed by atoms with E-state index in [2.05, 4.69) is 41.0 Å². The normalized spacial score (nSPS) is 22.1. The van der Waals surface area contributed by atoms with Crippen molar-refractivity contribution in [3.8, 4) is 23.2 Å². The summed E-state index contributed by atoms with van der Waals surface area (Å²) in [4.78, 5) is 21.0. The number of alkyl halides is 3. The molecule has 4 aromatic heterocycles. The van der Waals surface area contributed by atoms with Crippen LogP contribution in [0.5, 0.6) is 5.88 Å². The summed E-state index contributed by atoms with van der Waals surface area (Å²) in [6.07, 6.45) is 4.76. The predicted molar refractivity (Wildman–Crippen MR) is 145 cm³/mol. The largest absolute Gasteiger partial charge is 0.474 e. The average Bonchev–Trinajstić information content (AvgIpc) is 3.65. The predicted octanol–water partition coefficient (Wildman–Crippen LogP) is 3.14. The van der Waals surface area contributed by atoms with Crippen molar-refractivity contribution in [3.63, 3.8) is 0 Å². The lowest BCUT2D eigenvalue weighted by Crippen LogP contribution is -2.65. The molecule has 2 fully saturated rings. The van der Waals surface area contributed by atoms with Crippen LogP contribution in [-0.4, -0.2) is 81.7 Å². The Labute approximate surface area is 244 Å². The minimum atomic E-state index is -4.84. The summed E-state index contributed by atoms with van der Waals surface area (Å²) in [5.74, 6) is -1.72. The van der Waals surface area contributed by atoms with Gasteiger partial charge in [0.25, 0.3) is 0 Å². The Morgan fingerprint density at radius 2 is 1.95 bits per heavy atom. The Bertz CT molecular complexity index is 1650. The minimum absolute atomic E-state index is 0.227. The van der Waals surface area contributed by atoms with Crippen LogP contribution in [0.1, 0.15) is 50.5 Å². The fraction of sp³-hybridized carbons (Fsp3) is 0.500. The number of halogens is 3. The molecule has 3 N–H and O–H groups in total. The maximum atomic E-state index is 13.4. The van der Waals surface area contributed by atoms with Crippen molar-refractivity contribution in [2.75, 3.05) is 19.7 Å². The number of nitrogens with one attached hydrogen (secondary N) is 1. The lowest BCUT2D eigenvalue weighted by Gasteiger charge is -2.53. The summed E-state index contributed by atoms with van der Waals surface area (Å²) in [5.41, 5.74) is -0.490. The van der Waals surface area contributed by atoms with Crippen LogP contribution in [-0.2, 0) is 17.3 Å². The van der Waals surface area contributed by atoms with Crippen molar-refractivity contribution in [1.82, 2.24) is 39.6 Å². The molecule has 1 aliphatic carbocycles. The molecule has 1 saturated carbocycles. The molecule has 6 rings (SSSR count). The summed E-state index contributed by atoms with van der Waals surface area (Å²) in [7, 11) is 0. The number of aromatic nitrogens is 7. The zero-order valence-electron chi connectivity index (χ0n) is 23.3. The number of ether oxygens (including phenoxy) is 1. The Hall–Kier alpha value is -4.13. The highest BCUT2D eigenvalue weighted by molar-refractivity contribution is 5.90. The Balaban J connectivity index is 1.10. The van der Waals surface area contributed by atoms with Crippen molar-refractivity contribution in [2.24, 2.45) is 0 Å². The Kier molecular flexibility index (Phi) is 7.31. The molecule has 12 nitrogen and oxygen atoms in total. The van der Waals surface area contributed by atoms with E-state index in [1.54, 1.807) is 12.4 Å². The molecule has 0 spiro atoms. The molecule has 1 unspecified atom stereocenters. The van der Waals surface area contributed by atoms with Gasteiger partial charge in [0.2, 0.25) is 11.7 Å². The number of fused-ring (bicyclic) bond motifs is 1. The van der Waals surface area contributed by atoms with E-state index in [9.17, 15) is 28.6 Å². The van der Waals surface area contributed by atoms with Gasteiger partial charge in [-0.3, -0.25) is 9.58 Å². The van der Waals surface area contributed by atoms with E-state index >= 15 is 0 Å². The number of aromatic amines is 1. The number of hydrogen-bond acceptors (Lipinski definition) is 10. The smallest absolute Gasteiger partial charge is 0.451 e. The number of hydrogen-bond donors (Lipinski definition) is 3. The van der Waals surface area contributed by atoms with Crippen molar-refractivity contribution in [2.45, 2.75) is 68.5 Å². The van der Waals surface area contributed by atoms with Crippen LogP contribution < -0.4 is 4.74 Å². The Morgan fingerprint density at radius 3 is 2.65 bits per heavy atom. The molecule has 1 saturated heterocycles. The SMILES string of the molecule is CC(O)(CO)c1cc(OC2CCC(N3CC(CC#N)(n4cc(-c5ncnc6[nH]ccc56)cn4)C3)CC2)nc(C(F)(F)F)n1. The highest BCUT2D eigenvalue weighted by Gasteiger charge is 2.48. The van der Waals surface area contributed by atoms with E-state index in [0.717, 1.165) is 41.2 Å². The topological polar surface area (TPSA) is 162 Å². The first-order valence-electron chi connectivity index (χ1n) is 13.9. The third kappa shape index (κ3) is 5.53. The molecule has 0 aromatic carbocycles. The van der Waals surface area contributed by atoms with Gasteiger partial charge in [-0.05, 0) is 38.7 Å². The van der Waals surface area contributed by atoms with E-state index in [1.807, 2.05) is 16.9 Å². The monoisotopic (exact) mass is 597 g/mol. The molecule has 0 bridgehead atoms. The molecular formula is C28H30F3N9O3. The van der Waals surface area contributed by atoms with Gasteiger partial charge >= 0.3 is 6.18 Å². The van der Waals surface area contributed by atoms with Gasteiger partial charge in [0.05, 0.1) is 36.7 Å². The maximum Gasteiger partial charge on any atom is 0.451 e. The van der Waals surface area contributed by atoms with Crippen LogP contribution in [0, 0.1) is 11.3 Å². The van der Waals surface area contributed by atoms with Crippen LogP contribution in [0.3, 0.4) is 0 Å². The van der Waals surface area contributed by atoms with Gasteiger partial charge in [0.1, 0.15) is 29.2 Å². The van der Waals surface area contributed by atoms with Crippen LogP contribution in [0.15, 0.2) is 37.1 Å². The van der Waals surface area contributed by atoms with Crippen molar-refractivity contribution in [3.05, 3.63) is 48.6 Å². The van der Waals surface area contributed by atoms with Gasteiger partial charge in [0.15, 0.2) is 0 Å². The number of likely N-dealkylation sites (tertiary alicyclic amines) is 1. The first-order valence-corrected chi connectivity index (χ1v) is 13.9. The molecule has 226 valence electrons. The summed E-state index contributed by atoms with van der Waals surface area (Å²) in [6.45, 7) is 1.64. The van der Waals surface area contributed by atoms with E-state index in [-0.39, 0.29) is 23.7 Å². The highest BCUT2D eigenvalue weighted by Crippen LogP contribution is 2.39. The average molecular weight is 598 g/mol. The van der Waals surface area contributed by atoms with Gasteiger partial charge in [-0.1, -0.05) is 0 Å². The number of rotatable bonds is 8. The minimum Gasteiger partial charge on any atom is -0.474 e. The van der Waals surface area contributed by atoms with Gasteiger partial charge in [-0.2, -0.15) is 28.5 Å². The quantitative estimate of drug-likeness (QED) is 0.275. The zero-order chi connectivity index (χ0) is 30.4. The van der Waals surface area contributed by atoms with E-state index in [0.29, 0.717) is 32.4 Å². The number of aliphatic hydroxyl groups excluding tert-OH is 1. The van der Waals surface area contributed by atoms with E-state index in [1.165, 1.54) is 13.3 Å². The van der Waals surface area contributed by atoms with Crippen LogP contribution >= 0.6 is 0 Å². The summed E-state index contributed by atoms with van der Waals surface area (Å²) in [6, 6.07) is 5.59. The molecule has 1 aliphatic heterocycles. The fourth-order valence-corrected chi connectivity index (χ4v) is 5.93. The Morgan fingerprint density at radius 1 is 1.19 bits per heavy atom. The molecule has 5 heterocycles. The number of nitrogens with zero attached hydrogens (tertiary/aromatic N) is 8. The standard InChI is InChI=1S/C28H30F3N9O3/c1-26(42,15-41)21-10-22(38-25(37-21)28(29,30)31)43-19-4-2-18(3-5-19)39-13-27(14-39,7-8-32)40-12-17(11-36-40)23-20-6-9-33-24(20)35-16-34-23/h6,9-12,16,18-19,41-42H,2-5,7,13-15H2,1H3,(H,33,34,35). The lowest BCUT2D eigenvalue weighted by molar-refractivity contribution is -0.146. The molecule has 1 atom stereocenters. The second-order valence-electron chi connectivity index (χ2n) is 11.5. The molecule has 0 amide bonds. The van der Waals surface area contributed by atoms with Gasteiger partial charge in [-0.15, -0.1) is 0 Å². The first kappa shape index (κ1) is 29.0. The molecule has 0 radical (unpaired) electrons. The second-order valence-corrected chi connectivity index (χ2v) is 11.5. The maximum absolute atomic E-state index is 13.4. The fourth-order valence-electron chi connectivity index (χ4n) is 5.93. The molecule has 15 heteroatoms. The summed E-state index contributed by atoms with van der Waals surface area (Å²) >= 11 is 0. The third-order valence-electron chi connectivity index (χ3n) is 8.36. The second kappa shape index (κ2) is 10.9. The van der Waals surface area contributed by atoms with Crippen LogP contribution in [0.4, 0.5) is 13.2 Å². The van der Waals surface area contributed by atoms with E-state index < -0.39 is 29.7 Å². The zero-order valence-corrected chi connectivity index (χ0v) is 23.3. The van der Waals surface area contributed by atoms with Gasteiger partial charge < -0.3 is 19.9 Å². The first-order chi connectivity index (χ1) is 20.5. The van der Waals surface area contributed by atoms with E-state index in [4.69, 9.17) is 4.74 Å².